The van der Waals surface area contributed by atoms with Crippen LogP contribution in [-0.2, 0) is 6.42 Å². The van der Waals surface area contributed by atoms with Gasteiger partial charge in [0.1, 0.15) is 11.4 Å². The summed E-state index contributed by atoms with van der Waals surface area (Å²) >= 11 is 0. The van der Waals surface area contributed by atoms with E-state index >= 15 is 0 Å². The maximum Gasteiger partial charge on any atom is 0.130 e. The van der Waals surface area contributed by atoms with Crippen molar-refractivity contribution in [2.24, 2.45) is 17.3 Å². The van der Waals surface area contributed by atoms with Crippen LogP contribution in [0, 0.1) is 29.6 Å². The molecule has 23 heavy (non-hydrogen) atoms. The Bertz CT molecular complexity index is 664. The van der Waals surface area contributed by atoms with Crippen molar-refractivity contribution in [3.05, 3.63) is 29.3 Å². The van der Waals surface area contributed by atoms with Gasteiger partial charge in [0.25, 0.3) is 0 Å². The van der Waals surface area contributed by atoms with Gasteiger partial charge in [0.2, 0.25) is 0 Å². The standard InChI is InChI=1S/C20H24O2.ClH/c1-3-20(22)11-9-18-17-6-4-13-12-14(21)5-7-15(13)16(17)8-10-19(18,20)2;/h1,5,7,12,16-18,21-22H,4,6,8-11H2,2H3;1H/t16-,17-,18+,19+,20+;/m1./s1. The Hall–Kier alpha value is -1.17. The third-order valence-corrected chi connectivity index (χ3v) is 7.10. The lowest BCUT2D eigenvalue weighted by Gasteiger charge is -2.52. The van der Waals surface area contributed by atoms with Crippen LogP contribution >= 0.6 is 12.4 Å². The van der Waals surface area contributed by atoms with Gasteiger partial charge < -0.3 is 10.2 Å². The van der Waals surface area contributed by atoms with Crippen LogP contribution in [0.25, 0.3) is 0 Å². The second-order valence-corrected chi connectivity index (χ2v) is 7.80. The minimum atomic E-state index is -0.919. The van der Waals surface area contributed by atoms with E-state index in [9.17, 15) is 10.2 Å². The number of terminal acetylenes is 1. The summed E-state index contributed by atoms with van der Waals surface area (Å²) in [5, 5.41) is 20.6. The van der Waals surface area contributed by atoms with E-state index < -0.39 is 5.60 Å². The summed E-state index contributed by atoms with van der Waals surface area (Å²) in [4.78, 5) is 0. The molecule has 2 N–H and O–H groups in total. The number of hydrogen-bond donors (Lipinski definition) is 2. The van der Waals surface area contributed by atoms with E-state index in [1.54, 1.807) is 0 Å². The van der Waals surface area contributed by atoms with Crippen molar-refractivity contribution in [1.29, 1.82) is 0 Å². The van der Waals surface area contributed by atoms with Gasteiger partial charge in [-0.1, -0.05) is 18.9 Å². The van der Waals surface area contributed by atoms with Gasteiger partial charge in [-0.3, -0.25) is 0 Å². The Balaban J connectivity index is 0.00000156. The number of aliphatic hydroxyl groups is 1. The van der Waals surface area contributed by atoms with Crippen molar-refractivity contribution in [3.63, 3.8) is 0 Å². The lowest BCUT2D eigenvalue weighted by molar-refractivity contribution is -0.0646. The van der Waals surface area contributed by atoms with Crippen LogP contribution in [-0.4, -0.2) is 15.8 Å². The van der Waals surface area contributed by atoms with Gasteiger partial charge in [0.15, 0.2) is 0 Å². The molecule has 0 bridgehead atoms. The monoisotopic (exact) mass is 332 g/mol. The SMILES string of the molecule is C#C[C@]1(O)CC[C@H]2[C@@H]3CCc4cc(O)ccc4[C@H]3CC[C@@]21C.Cl. The summed E-state index contributed by atoms with van der Waals surface area (Å²) in [5.41, 5.74) is 1.69. The summed E-state index contributed by atoms with van der Waals surface area (Å²) in [5.74, 6) is 4.82. The highest BCUT2D eigenvalue weighted by molar-refractivity contribution is 5.85. The molecule has 0 aromatic heterocycles. The van der Waals surface area contributed by atoms with Crippen LogP contribution in [0.5, 0.6) is 5.75 Å². The highest BCUT2D eigenvalue weighted by Crippen LogP contribution is 2.64. The Morgan fingerprint density at radius 2 is 2.00 bits per heavy atom. The lowest BCUT2D eigenvalue weighted by atomic mass is 9.53. The maximum absolute atomic E-state index is 10.9. The number of halogens is 1. The third kappa shape index (κ3) is 2.13. The molecular weight excluding hydrogens is 308 g/mol. The molecule has 0 amide bonds. The number of phenols is 1. The molecule has 3 heteroatoms. The molecule has 3 aliphatic carbocycles. The van der Waals surface area contributed by atoms with E-state index in [4.69, 9.17) is 6.42 Å². The van der Waals surface area contributed by atoms with Crippen molar-refractivity contribution in [2.45, 2.75) is 57.0 Å². The van der Waals surface area contributed by atoms with Crippen molar-refractivity contribution < 1.29 is 10.2 Å². The Morgan fingerprint density at radius 3 is 2.74 bits per heavy atom. The summed E-state index contributed by atoms with van der Waals surface area (Å²) in [6.45, 7) is 2.22. The lowest BCUT2D eigenvalue weighted by Crippen LogP contribution is -2.50. The molecule has 0 saturated heterocycles. The largest absolute Gasteiger partial charge is 0.508 e. The van der Waals surface area contributed by atoms with Crippen molar-refractivity contribution in [1.82, 2.24) is 0 Å². The number of fused-ring (bicyclic) bond motifs is 5. The topological polar surface area (TPSA) is 40.5 Å². The quantitative estimate of drug-likeness (QED) is 0.704. The normalized spacial score (nSPS) is 41.0. The first-order valence-corrected chi connectivity index (χ1v) is 8.50. The van der Waals surface area contributed by atoms with Gasteiger partial charge in [-0.2, -0.15) is 0 Å². The number of aromatic hydroxyl groups is 1. The number of hydrogen-bond acceptors (Lipinski definition) is 2. The molecule has 4 rings (SSSR count). The average Bonchev–Trinajstić information content (AvgIpc) is 2.79. The van der Waals surface area contributed by atoms with Crippen LogP contribution in [0.15, 0.2) is 18.2 Å². The third-order valence-electron chi connectivity index (χ3n) is 7.10. The second-order valence-electron chi connectivity index (χ2n) is 7.80. The van der Waals surface area contributed by atoms with E-state index in [0.717, 1.165) is 38.5 Å². The first-order chi connectivity index (χ1) is 10.5. The predicted octanol–water partition coefficient (Wildman–Crippen LogP) is 4.03. The minimum Gasteiger partial charge on any atom is -0.508 e. The second kappa shape index (κ2) is 5.43. The number of benzene rings is 1. The van der Waals surface area contributed by atoms with Gasteiger partial charge in [-0.05, 0) is 79.5 Å². The molecule has 1 aromatic rings. The molecule has 2 saturated carbocycles. The van der Waals surface area contributed by atoms with E-state index in [0.29, 0.717) is 23.5 Å². The molecule has 0 aliphatic heterocycles. The van der Waals surface area contributed by atoms with E-state index in [1.165, 1.54) is 11.1 Å². The fraction of sp³-hybridized carbons (Fsp3) is 0.600. The van der Waals surface area contributed by atoms with Crippen molar-refractivity contribution in [2.75, 3.05) is 0 Å². The molecule has 0 unspecified atom stereocenters. The molecule has 0 heterocycles. The predicted molar refractivity (Wildman–Crippen MR) is 93.8 cm³/mol. The van der Waals surface area contributed by atoms with Gasteiger partial charge in [-0.25, -0.2) is 0 Å². The van der Waals surface area contributed by atoms with Crippen LogP contribution < -0.4 is 0 Å². The molecule has 1 aromatic carbocycles. The van der Waals surface area contributed by atoms with E-state index in [2.05, 4.69) is 18.9 Å². The van der Waals surface area contributed by atoms with Crippen molar-refractivity contribution in [3.8, 4) is 18.1 Å². The molecule has 2 nitrogen and oxygen atoms in total. The Morgan fingerprint density at radius 1 is 1.22 bits per heavy atom. The molecule has 2 fully saturated rings. The molecule has 0 radical (unpaired) electrons. The summed E-state index contributed by atoms with van der Waals surface area (Å²) in [7, 11) is 0. The van der Waals surface area contributed by atoms with Gasteiger partial charge >= 0.3 is 0 Å². The number of rotatable bonds is 0. The number of phenolic OH excluding ortho intramolecular Hbond substituents is 1. The average molecular weight is 333 g/mol. The van der Waals surface area contributed by atoms with E-state index in [-0.39, 0.29) is 17.8 Å². The van der Waals surface area contributed by atoms with Gasteiger partial charge in [-0.15, -0.1) is 18.8 Å². The van der Waals surface area contributed by atoms with Crippen molar-refractivity contribution >= 4 is 12.4 Å². The highest BCUT2D eigenvalue weighted by atomic mass is 35.5. The summed E-state index contributed by atoms with van der Waals surface area (Å²) in [6, 6.07) is 5.87. The van der Waals surface area contributed by atoms with Crippen LogP contribution in [0.1, 0.15) is 56.1 Å². The maximum atomic E-state index is 10.9. The summed E-state index contributed by atoms with van der Waals surface area (Å²) in [6.07, 6.45) is 11.8. The first kappa shape index (κ1) is 16.7. The van der Waals surface area contributed by atoms with Crippen LogP contribution in [0.2, 0.25) is 0 Å². The molecule has 124 valence electrons. The van der Waals surface area contributed by atoms with Crippen LogP contribution in [0.4, 0.5) is 0 Å². The van der Waals surface area contributed by atoms with Crippen LogP contribution in [0.3, 0.4) is 0 Å². The zero-order valence-electron chi connectivity index (χ0n) is 13.6. The molecular formula is C20H25ClO2. The zero-order chi connectivity index (χ0) is 15.5. The number of aryl methyl sites for hydroxylation is 1. The summed E-state index contributed by atoms with van der Waals surface area (Å²) < 4.78 is 0. The first-order valence-electron chi connectivity index (χ1n) is 8.50. The minimum absolute atomic E-state index is 0. The van der Waals surface area contributed by atoms with Gasteiger partial charge in [0, 0.05) is 5.41 Å². The zero-order valence-corrected chi connectivity index (χ0v) is 14.4. The molecule has 3 aliphatic rings. The Labute approximate surface area is 144 Å². The molecule has 0 spiro atoms. The fourth-order valence-electron chi connectivity index (χ4n) is 5.82. The Kier molecular flexibility index (Phi) is 3.94. The van der Waals surface area contributed by atoms with E-state index in [1.807, 2.05) is 12.1 Å². The molecule has 5 atom stereocenters. The highest BCUT2D eigenvalue weighted by Gasteiger charge is 2.61. The smallest absolute Gasteiger partial charge is 0.130 e. The van der Waals surface area contributed by atoms with Gasteiger partial charge in [0.05, 0.1) is 0 Å². The fourth-order valence-corrected chi connectivity index (χ4v) is 5.82.